The maximum atomic E-state index is 13.0. The minimum atomic E-state index is -0.831. The molecule has 0 aliphatic carbocycles. The van der Waals surface area contributed by atoms with E-state index in [0.29, 0.717) is 18.5 Å². The Kier molecular flexibility index (Phi) is 5.51. The molecule has 0 saturated heterocycles. The Morgan fingerprint density at radius 2 is 2.00 bits per heavy atom. The lowest BCUT2D eigenvalue weighted by molar-refractivity contribution is 0.159. The maximum Gasteiger partial charge on any atom is 0.159 e. The zero-order valence-corrected chi connectivity index (χ0v) is 10.2. The molecular weight excluding hydrogens is 224 g/mol. The molecule has 0 spiro atoms. The fraction of sp³-hybridized carbons (Fsp3) is 0.538. The minimum absolute atomic E-state index is 0.0610. The second kappa shape index (κ2) is 6.67. The van der Waals surface area contributed by atoms with Crippen LogP contribution in [0.5, 0.6) is 0 Å². The summed E-state index contributed by atoms with van der Waals surface area (Å²) in [5, 5.41) is 12.5. The molecule has 2 unspecified atom stereocenters. The summed E-state index contributed by atoms with van der Waals surface area (Å²) in [4.78, 5) is 0. The van der Waals surface area contributed by atoms with E-state index in [2.05, 4.69) is 5.32 Å². The fourth-order valence-corrected chi connectivity index (χ4v) is 1.57. The van der Waals surface area contributed by atoms with Gasteiger partial charge in [0.05, 0.1) is 6.10 Å². The van der Waals surface area contributed by atoms with E-state index in [4.69, 9.17) is 0 Å². The zero-order valence-electron chi connectivity index (χ0n) is 10.2. The number of benzene rings is 1. The van der Waals surface area contributed by atoms with Crippen LogP contribution in [0.3, 0.4) is 0 Å². The van der Waals surface area contributed by atoms with Crippen molar-refractivity contribution in [2.45, 2.75) is 38.8 Å². The molecule has 1 rings (SSSR count). The van der Waals surface area contributed by atoms with Crippen LogP contribution < -0.4 is 5.32 Å². The van der Waals surface area contributed by atoms with Crippen LogP contribution in [0.2, 0.25) is 0 Å². The van der Waals surface area contributed by atoms with Crippen LogP contribution >= 0.6 is 0 Å². The van der Waals surface area contributed by atoms with Gasteiger partial charge in [0, 0.05) is 6.04 Å². The lowest BCUT2D eigenvalue weighted by Crippen LogP contribution is -2.23. The molecule has 17 heavy (non-hydrogen) atoms. The summed E-state index contributed by atoms with van der Waals surface area (Å²) in [6, 6.07) is 3.83. The van der Waals surface area contributed by atoms with Gasteiger partial charge in [-0.1, -0.05) is 13.0 Å². The summed E-state index contributed by atoms with van der Waals surface area (Å²) in [5.41, 5.74) is 0.704. The van der Waals surface area contributed by atoms with E-state index in [9.17, 15) is 13.9 Å². The molecule has 0 bridgehead atoms. The number of aliphatic hydroxyl groups excluding tert-OH is 1. The number of hydrogen-bond donors (Lipinski definition) is 2. The minimum Gasteiger partial charge on any atom is -0.393 e. The fourth-order valence-electron chi connectivity index (χ4n) is 1.57. The number of rotatable bonds is 6. The second-order valence-electron chi connectivity index (χ2n) is 4.20. The third kappa shape index (κ3) is 4.40. The number of nitrogens with one attached hydrogen (secondary N) is 1. The normalized spacial score (nSPS) is 14.6. The highest BCUT2D eigenvalue weighted by Gasteiger charge is 2.09. The van der Waals surface area contributed by atoms with Crippen LogP contribution in [0.25, 0.3) is 0 Å². The third-order valence-corrected chi connectivity index (χ3v) is 2.84. The Balaban J connectivity index is 2.46. The van der Waals surface area contributed by atoms with Crippen molar-refractivity contribution in [1.29, 1.82) is 0 Å². The molecule has 0 heterocycles. The van der Waals surface area contributed by atoms with Crippen molar-refractivity contribution in [3.63, 3.8) is 0 Å². The molecule has 0 amide bonds. The Morgan fingerprint density at radius 3 is 2.59 bits per heavy atom. The highest BCUT2D eigenvalue weighted by molar-refractivity contribution is 5.20. The third-order valence-electron chi connectivity index (χ3n) is 2.84. The van der Waals surface area contributed by atoms with E-state index in [-0.39, 0.29) is 12.1 Å². The Bertz CT molecular complexity index is 357. The van der Waals surface area contributed by atoms with Crippen molar-refractivity contribution in [2.24, 2.45) is 0 Å². The Morgan fingerprint density at radius 1 is 1.29 bits per heavy atom. The number of aliphatic hydroxyl groups is 1. The molecule has 2 nitrogen and oxygen atoms in total. The first-order chi connectivity index (χ1) is 8.04. The molecule has 0 fully saturated rings. The zero-order chi connectivity index (χ0) is 12.8. The van der Waals surface area contributed by atoms with Gasteiger partial charge in [-0.3, -0.25) is 0 Å². The van der Waals surface area contributed by atoms with Gasteiger partial charge in [0.25, 0.3) is 0 Å². The topological polar surface area (TPSA) is 32.3 Å². The summed E-state index contributed by atoms with van der Waals surface area (Å²) in [6.45, 7) is 4.45. The first-order valence-electron chi connectivity index (χ1n) is 5.91. The quantitative estimate of drug-likeness (QED) is 0.805. The van der Waals surface area contributed by atoms with E-state index in [1.54, 1.807) is 6.07 Å². The summed E-state index contributed by atoms with van der Waals surface area (Å²) in [6.07, 6.45) is 1.07. The average Bonchev–Trinajstić information content (AvgIpc) is 2.32. The van der Waals surface area contributed by atoms with Crippen molar-refractivity contribution in [1.82, 2.24) is 5.32 Å². The van der Waals surface area contributed by atoms with Crippen LogP contribution in [-0.4, -0.2) is 17.8 Å². The lowest BCUT2D eigenvalue weighted by atomic mass is 10.1. The van der Waals surface area contributed by atoms with Crippen molar-refractivity contribution in [3.8, 4) is 0 Å². The van der Waals surface area contributed by atoms with Gasteiger partial charge in [0.2, 0.25) is 0 Å². The predicted octanol–water partition coefficient (Wildman–Crippen LogP) is 2.78. The predicted molar refractivity (Wildman–Crippen MR) is 63.7 cm³/mol. The van der Waals surface area contributed by atoms with Gasteiger partial charge in [0.1, 0.15) is 0 Å². The SMILES string of the molecule is CCC(O)CCNC(C)c1ccc(F)c(F)c1. The van der Waals surface area contributed by atoms with Crippen LogP contribution in [0, 0.1) is 11.6 Å². The second-order valence-corrected chi connectivity index (χ2v) is 4.20. The van der Waals surface area contributed by atoms with Crippen LogP contribution in [0.1, 0.15) is 38.3 Å². The Hall–Kier alpha value is -1.00. The monoisotopic (exact) mass is 243 g/mol. The molecule has 2 N–H and O–H groups in total. The van der Waals surface area contributed by atoms with Crippen molar-refractivity contribution < 1.29 is 13.9 Å². The van der Waals surface area contributed by atoms with E-state index < -0.39 is 11.6 Å². The molecular formula is C13H19F2NO. The van der Waals surface area contributed by atoms with Crippen molar-refractivity contribution in [3.05, 3.63) is 35.4 Å². The molecule has 1 aromatic rings. The standard InChI is InChI=1S/C13H19F2NO/c1-3-11(17)6-7-16-9(2)10-4-5-12(14)13(15)8-10/h4-5,8-9,11,16-17H,3,6-7H2,1-2H3. The average molecular weight is 243 g/mol. The molecule has 96 valence electrons. The van der Waals surface area contributed by atoms with Gasteiger partial charge in [-0.05, 0) is 44.0 Å². The molecule has 0 saturated carbocycles. The number of hydrogen-bond acceptors (Lipinski definition) is 2. The molecule has 2 atom stereocenters. The summed E-state index contributed by atoms with van der Waals surface area (Å²) in [7, 11) is 0. The lowest BCUT2D eigenvalue weighted by Gasteiger charge is -2.15. The van der Waals surface area contributed by atoms with E-state index in [1.165, 1.54) is 6.07 Å². The van der Waals surface area contributed by atoms with Crippen LogP contribution in [0.15, 0.2) is 18.2 Å². The first-order valence-corrected chi connectivity index (χ1v) is 5.91. The van der Waals surface area contributed by atoms with Gasteiger partial charge >= 0.3 is 0 Å². The molecule has 0 aromatic heterocycles. The molecule has 0 aliphatic heterocycles. The molecule has 4 heteroatoms. The molecule has 0 aliphatic rings. The highest BCUT2D eigenvalue weighted by Crippen LogP contribution is 2.15. The highest BCUT2D eigenvalue weighted by atomic mass is 19.2. The van der Waals surface area contributed by atoms with Crippen molar-refractivity contribution >= 4 is 0 Å². The maximum absolute atomic E-state index is 13.0. The van der Waals surface area contributed by atoms with Gasteiger partial charge in [-0.2, -0.15) is 0 Å². The van der Waals surface area contributed by atoms with Gasteiger partial charge < -0.3 is 10.4 Å². The van der Waals surface area contributed by atoms with Gasteiger partial charge in [-0.15, -0.1) is 0 Å². The summed E-state index contributed by atoms with van der Waals surface area (Å²) < 4.78 is 25.7. The molecule has 0 radical (unpaired) electrons. The van der Waals surface area contributed by atoms with E-state index in [0.717, 1.165) is 12.5 Å². The van der Waals surface area contributed by atoms with Gasteiger partial charge in [-0.25, -0.2) is 8.78 Å². The van der Waals surface area contributed by atoms with E-state index >= 15 is 0 Å². The summed E-state index contributed by atoms with van der Waals surface area (Å²) in [5.74, 6) is -1.66. The first kappa shape index (κ1) is 14.1. The van der Waals surface area contributed by atoms with Gasteiger partial charge in [0.15, 0.2) is 11.6 Å². The smallest absolute Gasteiger partial charge is 0.159 e. The van der Waals surface area contributed by atoms with Crippen LogP contribution in [0.4, 0.5) is 8.78 Å². The Labute approximate surface area is 101 Å². The number of halogens is 2. The largest absolute Gasteiger partial charge is 0.393 e. The van der Waals surface area contributed by atoms with Crippen LogP contribution in [-0.2, 0) is 0 Å². The molecule has 1 aromatic carbocycles. The van der Waals surface area contributed by atoms with E-state index in [1.807, 2.05) is 13.8 Å². The van der Waals surface area contributed by atoms with Crippen molar-refractivity contribution in [2.75, 3.05) is 6.54 Å². The summed E-state index contributed by atoms with van der Waals surface area (Å²) >= 11 is 0.